The van der Waals surface area contributed by atoms with Crippen LogP contribution in [0.1, 0.15) is 6.92 Å². The van der Waals surface area contributed by atoms with E-state index in [1.807, 2.05) is 6.92 Å². The molecule has 0 aliphatic rings. The molecule has 2 aromatic heterocycles. The second-order valence-corrected chi connectivity index (χ2v) is 3.72. The highest BCUT2D eigenvalue weighted by Gasteiger charge is 2.08. The molecule has 2 N–H and O–H groups in total. The van der Waals surface area contributed by atoms with Crippen LogP contribution in [-0.2, 0) is 4.74 Å². The lowest BCUT2D eigenvalue weighted by Crippen LogP contribution is -2.15. The standard InChI is InChI=1S/C8H10BrN5O2/c1-2-16-4-11-8-12-6-5(7(15)13-8)10-3-14(6)9/h3H,2,4H2,1H3,(H2,11,12,13,15). The summed E-state index contributed by atoms with van der Waals surface area (Å²) in [6, 6.07) is 0. The molecule has 0 amide bonds. The summed E-state index contributed by atoms with van der Waals surface area (Å²) in [5.41, 5.74) is 0.462. The normalized spacial score (nSPS) is 10.9. The van der Waals surface area contributed by atoms with Crippen molar-refractivity contribution in [1.82, 2.24) is 18.5 Å². The molecule has 0 aliphatic carbocycles. The number of aromatic nitrogens is 4. The van der Waals surface area contributed by atoms with E-state index in [2.05, 4.69) is 36.4 Å². The Hall–Kier alpha value is -1.41. The predicted octanol–water partition coefficient (Wildman–Crippen LogP) is 0.683. The molecule has 2 heterocycles. The van der Waals surface area contributed by atoms with Crippen molar-refractivity contribution in [2.45, 2.75) is 6.92 Å². The first kappa shape index (κ1) is 11.1. The first-order valence-electron chi connectivity index (χ1n) is 4.67. The van der Waals surface area contributed by atoms with Gasteiger partial charge in [0.05, 0.1) is 16.1 Å². The van der Waals surface area contributed by atoms with Gasteiger partial charge in [-0.2, -0.15) is 4.98 Å². The Morgan fingerprint density at radius 2 is 2.50 bits per heavy atom. The summed E-state index contributed by atoms with van der Waals surface area (Å²) in [5.74, 6) is 0.354. The van der Waals surface area contributed by atoms with Crippen molar-refractivity contribution in [3.8, 4) is 0 Å². The zero-order valence-corrected chi connectivity index (χ0v) is 10.1. The highest BCUT2D eigenvalue weighted by Crippen LogP contribution is 2.09. The van der Waals surface area contributed by atoms with E-state index < -0.39 is 0 Å². The summed E-state index contributed by atoms with van der Waals surface area (Å²) >= 11 is 3.20. The predicted molar refractivity (Wildman–Crippen MR) is 62.6 cm³/mol. The topological polar surface area (TPSA) is 84.8 Å². The lowest BCUT2D eigenvalue weighted by Gasteiger charge is -2.04. The Morgan fingerprint density at radius 1 is 1.69 bits per heavy atom. The summed E-state index contributed by atoms with van der Waals surface area (Å²) in [6.07, 6.45) is 1.47. The van der Waals surface area contributed by atoms with E-state index in [-0.39, 0.29) is 5.56 Å². The van der Waals surface area contributed by atoms with Crippen molar-refractivity contribution < 1.29 is 4.74 Å². The molecule has 8 heteroatoms. The van der Waals surface area contributed by atoms with Crippen molar-refractivity contribution in [2.24, 2.45) is 0 Å². The van der Waals surface area contributed by atoms with E-state index in [1.165, 1.54) is 9.92 Å². The molecule has 0 spiro atoms. The fraction of sp³-hybridized carbons (Fsp3) is 0.375. The van der Waals surface area contributed by atoms with Crippen molar-refractivity contribution >= 4 is 33.3 Å². The highest BCUT2D eigenvalue weighted by atomic mass is 79.9. The number of rotatable bonds is 4. The van der Waals surface area contributed by atoms with Crippen LogP contribution in [0.2, 0.25) is 0 Å². The molecule has 0 aliphatic heterocycles. The van der Waals surface area contributed by atoms with Gasteiger partial charge in [0.2, 0.25) is 5.95 Å². The van der Waals surface area contributed by atoms with Gasteiger partial charge in [0, 0.05) is 6.61 Å². The zero-order chi connectivity index (χ0) is 11.5. The Bertz CT molecular complexity index is 549. The number of H-pyrrole nitrogens is 1. The Balaban J connectivity index is 2.33. The number of nitrogens with one attached hydrogen (secondary N) is 2. The van der Waals surface area contributed by atoms with E-state index in [9.17, 15) is 4.79 Å². The zero-order valence-electron chi connectivity index (χ0n) is 8.53. The minimum absolute atomic E-state index is 0.290. The summed E-state index contributed by atoms with van der Waals surface area (Å²) in [4.78, 5) is 22.2. The summed E-state index contributed by atoms with van der Waals surface area (Å²) < 4.78 is 6.60. The van der Waals surface area contributed by atoms with Gasteiger partial charge in [-0.1, -0.05) is 0 Å². The van der Waals surface area contributed by atoms with Crippen LogP contribution in [0.25, 0.3) is 11.2 Å². The van der Waals surface area contributed by atoms with Crippen LogP contribution in [0, 0.1) is 0 Å². The van der Waals surface area contributed by atoms with Gasteiger partial charge in [-0.25, -0.2) is 8.58 Å². The summed E-state index contributed by atoms with van der Waals surface area (Å²) in [7, 11) is 0. The SMILES string of the molecule is CCOCNc1nc2c(ncn2Br)c(=O)[nH]1. The lowest BCUT2D eigenvalue weighted by atomic mass is 10.5. The number of hydrogen-bond donors (Lipinski definition) is 2. The van der Waals surface area contributed by atoms with Crippen LogP contribution in [0.4, 0.5) is 5.95 Å². The summed E-state index contributed by atoms with van der Waals surface area (Å²) in [6.45, 7) is 2.77. The van der Waals surface area contributed by atoms with Gasteiger partial charge < -0.3 is 10.1 Å². The molecular formula is C8H10BrN5O2. The number of ether oxygens (including phenoxy) is 1. The van der Waals surface area contributed by atoms with E-state index in [1.54, 1.807) is 0 Å². The van der Waals surface area contributed by atoms with Gasteiger partial charge in [-0.05, 0) is 6.92 Å². The Morgan fingerprint density at radius 3 is 3.25 bits per heavy atom. The molecule has 0 fully saturated rings. The fourth-order valence-corrected chi connectivity index (χ4v) is 1.53. The van der Waals surface area contributed by atoms with Gasteiger partial charge in [-0.15, -0.1) is 0 Å². The average molecular weight is 288 g/mol. The maximum Gasteiger partial charge on any atom is 0.280 e. The van der Waals surface area contributed by atoms with Crippen molar-refractivity contribution in [3.05, 3.63) is 16.7 Å². The van der Waals surface area contributed by atoms with Gasteiger partial charge >= 0.3 is 0 Å². The lowest BCUT2D eigenvalue weighted by molar-refractivity contribution is 0.166. The maximum atomic E-state index is 11.6. The first-order valence-corrected chi connectivity index (χ1v) is 5.38. The largest absolute Gasteiger partial charge is 0.362 e. The number of hydrogen-bond acceptors (Lipinski definition) is 5. The monoisotopic (exact) mass is 287 g/mol. The van der Waals surface area contributed by atoms with Crippen LogP contribution < -0.4 is 10.9 Å². The quantitative estimate of drug-likeness (QED) is 0.638. The first-order chi connectivity index (χ1) is 7.72. The molecule has 2 rings (SSSR count). The minimum atomic E-state index is -0.290. The molecule has 0 unspecified atom stereocenters. The van der Waals surface area contributed by atoms with E-state index in [0.717, 1.165) is 0 Å². The average Bonchev–Trinajstić information content (AvgIpc) is 2.62. The molecule has 0 bridgehead atoms. The van der Waals surface area contributed by atoms with Gasteiger partial charge in [0.15, 0.2) is 11.2 Å². The second-order valence-electron chi connectivity index (χ2n) is 2.96. The van der Waals surface area contributed by atoms with Crippen LogP contribution in [0.3, 0.4) is 0 Å². The number of anilines is 1. The number of nitrogens with zero attached hydrogens (tertiary/aromatic N) is 3. The van der Waals surface area contributed by atoms with Crippen LogP contribution in [-0.4, -0.2) is 31.9 Å². The number of imidazole rings is 1. The van der Waals surface area contributed by atoms with Crippen molar-refractivity contribution in [2.75, 3.05) is 18.7 Å². The van der Waals surface area contributed by atoms with E-state index in [4.69, 9.17) is 4.74 Å². The molecule has 2 aromatic rings. The van der Waals surface area contributed by atoms with Gasteiger partial charge in [0.25, 0.3) is 5.56 Å². The van der Waals surface area contributed by atoms with Crippen LogP contribution >= 0.6 is 16.1 Å². The van der Waals surface area contributed by atoms with Crippen molar-refractivity contribution in [3.63, 3.8) is 0 Å². The number of aromatic amines is 1. The summed E-state index contributed by atoms with van der Waals surface area (Å²) in [5, 5.41) is 2.84. The maximum absolute atomic E-state index is 11.6. The second kappa shape index (κ2) is 4.62. The third kappa shape index (κ3) is 2.07. The molecule has 0 saturated heterocycles. The molecular weight excluding hydrogens is 278 g/mol. The van der Waals surface area contributed by atoms with E-state index in [0.29, 0.717) is 30.4 Å². The van der Waals surface area contributed by atoms with Crippen molar-refractivity contribution in [1.29, 1.82) is 0 Å². The van der Waals surface area contributed by atoms with Crippen LogP contribution in [0.15, 0.2) is 11.1 Å². The minimum Gasteiger partial charge on any atom is -0.362 e. The third-order valence-corrected chi connectivity index (χ3v) is 2.43. The Labute approximate surface area is 99.2 Å². The molecule has 16 heavy (non-hydrogen) atoms. The third-order valence-electron chi connectivity index (χ3n) is 1.91. The highest BCUT2D eigenvalue weighted by molar-refractivity contribution is 9.08. The number of fused-ring (bicyclic) bond motifs is 1. The number of halogens is 1. The van der Waals surface area contributed by atoms with Crippen LogP contribution in [0.5, 0.6) is 0 Å². The smallest absolute Gasteiger partial charge is 0.280 e. The molecule has 86 valence electrons. The Kier molecular flexibility index (Phi) is 3.20. The molecule has 0 saturated carbocycles. The molecule has 0 atom stereocenters. The molecule has 0 radical (unpaired) electrons. The van der Waals surface area contributed by atoms with Gasteiger partial charge in [-0.3, -0.25) is 9.78 Å². The molecule has 0 aromatic carbocycles. The fourth-order valence-electron chi connectivity index (χ4n) is 1.19. The van der Waals surface area contributed by atoms with Gasteiger partial charge in [0.1, 0.15) is 13.1 Å². The van der Waals surface area contributed by atoms with E-state index >= 15 is 0 Å². The molecule has 7 nitrogen and oxygen atoms in total.